The molecule has 4 rings (SSSR count). The standard InChI is InChI=1S/C21H22ClN3O3/c22-16-4-6-19(7-5-16)27-20-10-8-18(9-11-20)26-14-17-3-1-2-12-25(17)13-21-23-15-24-28-21/h4-11,15,17H,1-3,12-14H2/t17-/m0/s1. The molecule has 0 bridgehead atoms. The molecular weight excluding hydrogens is 378 g/mol. The van der Waals surface area contributed by atoms with Crippen molar-refractivity contribution in [2.75, 3.05) is 13.2 Å². The molecule has 1 aromatic heterocycles. The molecule has 0 N–H and O–H groups in total. The number of ether oxygens (including phenoxy) is 2. The van der Waals surface area contributed by atoms with E-state index in [4.69, 9.17) is 25.6 Å². The van der Waals surface area contributed by atoms with Crippen LogP contribution in [0.3, 0.4) is 0 Å². The van der Waals surface area contributed by atoms with Crippen LogP contribution in [0.15, 0.2) is 59.4 Å². The van der Waals surface area contributed by atoms with E-state index in [1.807, 2.05) is 36.4 Å². The maximum Gasteiger partial charge on any atom is 0.240 e. The summed E-state index contributed by atoms with van der Waals surface area (Å²) in [5, 5.41) is 4.37. The Morgan fingerprint density at radius 3 is 2.43 bits per heavy atom. The van der Waals surface area contributed by atoms with Gasteiger partial charge < -0.3 is 14.0 Å². The maximum absolute atomic E-state index is 6.03. The van der Waals surface area contributed by atoms with Crippen molar-refractivity contribution in [1.29, 1.82) is 0 Å². The van der Waals surface area contributed by atoms with Crippen LogP contribution in [0.4, 0.5) is 0 Å². The molecule has 3 aromatic rings. The summed E-state index contributed by atoms with van der Waals surface area (Å²) in [6, 6.07) is 15.3. The van der Waals surface area contributed by atoms with Gasteiger partial charge in [-0.05, 0) is 67.9 Å². The van der Waals surface area contributed by atoms with Crippen molar-refractivity contribution in [2.24, 2.45) is 0 Å². The fourth-order valence-electron chi connectivity index (χ4n) is 3.33. The van der Waals surface area contributed by atoms with Crippen molar-refractivity contribution in [3.8, 4) is 17.2 Å². The van der Waals surface area contributed by atoms with Crippen molar-refractivity contribution in [1.82, 2.24) is 15.0 Å². The number of hydrogen-bond acceptors (Lipinski definition) is 6. The zero-order valence-electron chi connectivity index (χ0n) is 15.5. The Kier molecular flexibility index (Phi) is 6.09. The van der Waals surface area contributed by atoms with Crippen LogP contribution < -0.4 is 9.47 Å². The Balaban J connectivity index is 1.31. The number of nitrogens with zero attached hydrogens (tertiary/aromatic N) is 3. The fourth-order valence-corrected chi connectivity index (χ4v) is 3.46. The molecule has 2 aromatic carbocycles. The van der Waals surface area contributed by atoms with E-state index >= 15 is 0 Å². The molecule has 0 spiro atoms. The Morgan fingerprint density at radius 1 is 1.00 bits per heavy atom. The number of likely N-dealkylation sites (tertiary alicyclic amines) is 1. The van der Waals surface area contributed by atoms with E-state index < -0.39 is 0 Å². The average molecular weight is 400 g/mol. The van der Waals surface area contributed by atoms with Crippen LogP contribution in [-0.4, -0.2) is 34.2 Å². The quantitative estimate of drug-likeness (QED) is 0.560. The van der Waals surface area contributed by atoms with Gasteiger partial charge in [-0.15, -0.1) is 0 Å². The minimum atomic E-state index is 0.339. The third-order valence-corrected chi connectivity index (χ3v) is 5.06. The largest absolute Gasteiger partial charge is 0.492 e. The molecule has 1 atom stereocenters. The van der Waals surface area contributed by atoms with Crippen molar-refractivity contribution in [2.45, 2.75) is 31.8 Å². The Morgan fingerprint density at radius 2 is 1.71 bits per heavy atom. The van der Waals surface area contributed by atoms with Gasteiger partial charge in [-0.25, -0.2) is 0 Å². The van der Waals surface area contributed by atoms with E-state index in [1.165, 1.54) is 19.2 Å². The molecule has 0 aliphatic carbocycles. The topological polar surface area (TPSA) is 60.6 Å². The molecule has 28 heavy (non-hydrogen) atoms. The van der Waals surface area contributed by atoms with Crippen molar-refractivity contribution in [3.63, 3.8) is 0 Å². The van der Waals surface area contributed by atoms with Crippen LogP contribution in [-0.2, 0) is 6.54 Å². The summed E-state index contributed by atoms with van der Waals surface area (Å²) in [4.78, 5) is 6.49. The summed E-state index contributed by atoms with van der Waals surface area (Å²) >= 11 is 5.90. The lowest BCUT2D eigenvalue weighted by Crippen LogP contribution is -2.42. The Bertz CT molecular complexity index is 854. The number of rotatable bonds is 7. The smallest absolute Gasteiger partial charge is 0.240 e. The highest BCUT2D eigenvalue weighted by Gasteiger charge is 2.24. The van der Waals surface area contributed by atoms with Gasteiger partial charge in [0.25, 0.3) is 0 Å². The summed E-state index contributed by atoms with van der Waals surface area (Å²) in [6.07, 6.45) is 4.94. The second-order valence-corrected chi connectivity index (χ2v) is 7.23. The molecule has 7 heteroatoms. The number of piperidine rings is 1. The van der Waals surface area contributed by atoms with Gasteiger partial charge in [0.1, 0.15) is 23.9 Å². The fraction of sp³-hybridized carbons (Fsp3) is 0.333. The van der Waals surface area contributed by atoms with Crippen molar-refractivity contribution >= 4 is 11.6 Å². The highest BCUT2D eigenvalue weighted by atomic mass is 35.5. The summed E-state index contributed by atoms with van der Waals surface area (Å²) in [5.74, 6) is 2.98. The summed E-state index contributed by atoms with van der Waals surface area (Å²) in [6.45, 7) is 2.32. The maximum atomic E-state index is 6.03. The van der Waals surface area contributed by atoms with E-state index in [9.17, 15) is 0 Å². The van der Waals surface area contributed by atoms with E-state index in [1.54, 1.807) is 12.1 Å². The van der Waals surface area contributed by atoms with Crippen LogP contribution in [0.5, 0.6) is 17.2 Å². The average Bonchev–Trinajstić information content (AvgIpc) is 3.23. The van der Waals surface area contributed by atoms with Crippen LogP contribution in [0.1, 0.15) is 25.2 Å². The van der Waals surface area contributed by atoms with Crippen LogP contribution in [0.2, 0.25) is 5.02 Å². The highest BCUT2D eigenvalue weighted by Crippen LogP contribution is 2.26. The highest BCUT2D eigenvalue weighted by molar-refractivity contribution is 6.30. The molecule has 0 saturated carbocycles. The monoisotopic (exact) mass is 399 g/mol. The van der Waals surface area contributed by atoms with E-state index in [-0.39, 0.29) is 0 Å². The van der Waals surface area contributed by atoms with Crippen LogP contribution >= 0.6 is 11.6 Å². The molecule has 2 heterocycles. The Labute approximate surface area is 169 Å². The molecular formula is C21H22ClN3O3. The zero-order chi connectivity index (χ0) is 19.2. The minimum absolute atomic E-state index is 0.339. The second-order valence-electron chi connectivity index (χ2n) is 6.79. The lowest BCUT2D eigenvalue weighted by molar-refractivity contribution is 0.0831. The molecule has 0 unspecified atom stereocenters. The molecule has 6 nitrogen and oxygen atoms in total. The van der Waals surface area contributed by atoms with E-state index in [0.717, 1.165) is 30.2 Å². The SMILES string of the molecule is Clc1ccc(Oc2ccc(OC[C@@H]3CCCCN3Cc3ncno3)cc2)cc1. The van der Waals surface area contributed by atoms with Gasteiger partial charge in [-0.3, -0.25) is 4.90 Å². The lowest BCUT2D eigenvalue weighted by atomic mass is 10.0. The molecule has 0 radical (unpaired) electrons. The molecule has 0 amide bonds. The predicted molar refractivity (Wildman–Crippen MR) is 106 cm³/mol. The first-order valence-electron chi connectivity index (χ1n) is 9.42. The molecule has 1 saturated heterocycles. The van der Waals surface area contributed by atoms with Gasteiger partial charge in [0.15, 0.2) is 6.33 Å². The molecule has 146 valence electrons. The van der Waals surface area contributed by atoms with Gasteiger partial charge in [0, 0.05) is 11.1 Å². The number of benzene rings is 2. The zero-order valence-corrected chi connectivity index (χ0v) is 16.2. The lowest BCUT2D eigenvalue weighted by Gasteiger charge is -2.34. The van der Waals surface area contributed by atoms with Gasteiger partial charge in [0.2, 0.25) is 5.89 Å². The normalized spacial score (nSPS) is 17.4. The molecule has 1 aliphatic rings. The minimum Gasteiger partial charge on any atom is -0.492 e. The third kappa shape index (κ3) is 5.03. The summed E-state index contributed by atoms with van der Waals surface area (Å²) < 4.78 is 17.0. The predicted octanol–water partition coefficient (Wildman–Crippen LogP) is 4.95. The first-order chi connectivity index (χ1) is 13.8. The Hall–Kier alpha value is -2.57. The first-order valence-corrected chi connectivity index (χ1v) is 9.80. The summed E-state index contributed by atoms with van der Waals surface area (Å²) in [7, 11) is 0. The van der Waals surface area contributed by atoms with Gasteiger partial charge in [-0.2, -0.15) is 4.98 Å². The van der Waals surface area contributed by atoms with E-state index in [2.05, 4.69) is 15.0 Å². The second kappa shape index (κ2) is 9.08. The van der Waals surface area contributed by atoms with Crippen LogP contribution in [0, 0.1) is 0 Å². The van der Waals surface area contributed by atoms with Gasteiger partial charge in [-0.1, -0.05) is 23.2 Å². The van der Waals surface area contributed by atoms with Gasteiger partial charge >= 0.3 is 0 Å². The van der Waals surface area contributed by atoms with Gasteiger partial charge in [0.05, 0.1) is 6.54 Å². The number of halogens is 1. The first kappa shape index (κ1) is 18.8. The van der Waals surface area contributed by atoms with E-state index in [0.29, 0.717) is 30.1 Å². The number of aromatic nitrogens is 2. The molecule has 1 aliphatic heterocycles. The number of hydrogen-bond donors (Lipinski definition) is 0. The van der Waals surface area contributed by atoms with Crippen LogP contribution in [0.25, 0.3) is 0 Å². The van der Waals surface area contributed by atoms with Crippen molar-refractivity contribution in [3.05, 3.63) is 65.8 Å². The third-order valence-electron chi connectivity index (χ3n) is 4.81. The summed E-state index contributed by atoms with van der Waals surface area (Å²) in [5.41, 5.74) is 0. The van der Waals surface area contributed by atoms with Crippen molar-refractivity contribution < 1.29 is 14.0 Å². The molecule has 1 fully saturated rings.